The van der Waals surface area contributed by atoms with Crippen LogP contribution in [0.15, 0.2) is 24.3 Å². The minimum absolute atomic E-state index is 0.788. The van der Waals surface area contributed by atoms with Gasteiger partial charge in [0.2, 0.25) is 0 Å². The predicted octanol–water partition coefficient (Wildman–Crippen LogP) is 4.35. The third-order valence-corrected chi connectivity index (χ3v) is 5.04. The van der Waals surface area contributed by atoms with E-state index in [1.54, 1.807) is 0 Å². The second kappa shape index (κ2) is 7.31. The lowest BCUT2D eigenvalue weighted by Crippen LogP contribution is -2.26. The van der Waals surface area contributed by atoms with Gasteiger partial charge >= 0.3 is 0 Å². The highest BCUT2D eigenvalue weighted by molar-refractivity contribution is 5.53. The van der Waals surface area contributed by atoms with Crippen LogP contribution < -0.4 is 10.2 Å². The molecule has 1 aliphatic heterocycles. The van der Waals surface area contributed by atoms with Crippen molar-refractivity contribution >= 4 is 5.69 Å². The van der Waals surface area contributed by atoms with E-state index in [1.165, 1.54) is 69.3 Å². The van der Waals surface area contributed by atoms with Crippen LogP contribution in [-0.4, -0.2) is 19.1 Å². The second-order valence-electron chi connectivity index (χ2n) is 6.86. The van der Waals surface area contributed by atoms with E-state index >= 15 is 0 Å². The van der Waals surface area contributed by atoms with E-state index in [0.717, 1.165) is 18.5 Å². The molecule has 2 heteroatoms. The van der Waals surface area contributed by atoms with Gasteiger partial charge in [0.05, 0.1) is 0 Å². The molecule has 1 N–H and O–H groups in total. The quantitative estimate of drug-likeness (QED) is 0.836. The fourth-order valence-corrected chi connectivity index (χ4v) is 3.61. The Morgan fingerprint density at radius 1 is 1.10 bits per heavy atom. The maximum absolute atomic E-state index is 3.67. The molecule has 1 heterocycles. The van der Waals surface area contributed by atoms with Crippen LogP contribution in [0.1, 0.15) is 57.4 Å². The Hall–Kier alpha value is -1.02. The minimum atomic E-state index is 0.788. The molecule has 116 valence electrons. The third kappa shape index (κ3) is 4.23. The fraction of sp³-hybridized carbons (Fsp3) is 0.684. The van der Waals surface area contributed by atoms with Crippen molar-refractivity contribution in [2.75, 3.05) is 18.0 Å². The molecule has 1 saturated carbocycles. The Bertz CT molecular complexity index is 439. The summed E-state index contributed by atoms with van der Waals surface area (Å²) in [5, 5.41) is 3.67. The van der Waals surface area contributed by atoms with Gasteiger partial charge in [0.25, 0.3) is 0 Å². The number of benzene rings is 1. The van der Waals surface area contributed by atoms with Crippen LogP contribution in [0.5, 0.6) is 0 Å². The first kappa shape index (κ1) is 14.9. The number of rotatable bonds is 6. The summed E-state index contributed by atoms with van der Waals surface area (Å²) in [5.41, 5.74) is 2.96. The number of hydrogen-bond donors (Lipinski definition) is 1. The van der Waals surface area contributed by atoms with Crippen LogP contribution in [-0.2, 0) is 6.54 Å². The van der Waals surface area contributed by atoms with Crippen molar-refractivity contribution < 1.29 is 0 Å². The largest absolute Gasteiger partial charge is 0.371 e. The Balaban J connectivity index is 1.64. The molecule has 1 aromatic carbocycles. The van der Waals surface area contributed by atoms with Crippen LogP contribution in [0.3, 0.4) is 0 Å². The van der Waals surface area contributed by atoms with Gasteiger partial charge in [-0.1, -0.05) is 38.0 Å². The lowest BCUT2D eigenvalue weighted by molar-refractivity contribution is 0.435. The average Bonchev–Trinajstić information content (AvgIpc) is 3.33. The summed E-state index contributed by atoms with van der Waals surface area (Å²) in [6, 6.07) is 9.80. The number of nitrogens with one attached hydrogen (secondary N) is 1. The van der Waals surface area contributed by atoms with E-state index in [2.05, 4.69) is 41.4 Å². The van der Waals surface area contributed by atoms with Crippen LogP contribution in [0.25, 0.3) is 0 Å². The standard InChI is InChI=1S/C19H30N2/c1-2-6-16-7-5-13-21(14-12-16)19-9-4-3-8-17(19)15-20-18-10-11-18/h3-4,8-9,16,18,20H,2,5-7,10-15H2,1H3. The Morgan fingerprint density at radius 3 is 2.76 bits per heavy atom. The highest BCUT2D eigenvalue weighted by Gasteiger charge is 2.22. The van der Waals surface area contributed by atoms with Gasteiger partial charge in [-0.2, -0.15) is 0 Å². The number of anilines is 1. The predicted molar refractivity (Wildman–Crippen MR) is 90.8 cm³/mol. The molecule has 1 saturated heterocycles. The second-order valence-corrected chi connectivity index (χ2v) is 6.86. The zero-order valence-corrected chi connectivity index (χ0v) is 13.5. The number of hydrogen-bond acceptors (Lipinski definition) is 2. The van der Waals surface area contributed by atoms with Crippen molar-refractivity contribution in [2.45, 2.75) is 64.5 Å². The molecule has 1 aliphatic carbocycles. The van der Waals surface area contributed by atoms with Crippen molar-refractivity contribution in [2.24, 2.45) is 5.92 Å². The normalized spacial score (nSPS) is 23.1. The molecule has 2 fully saturated rings. The van der Waals surface area contributed by atoms with E-state index < -0.39 is 0 Å². The van der Waals surface area contributed by atoms with Gasteiger partial charge in [0, 0.05) is 31.4 Å². The monoisotopic (exact) mass is 286 g/mol. The molecule has 2 aliphatic rings. The van der Waals surface area contributed by atoms with Gasteiger partial charge in [-0.15, -0.1) is 0 Å². The summed E-state index contributed by atoms with van der Waals surface area (Å²) in [7, 11) is 0. The lowest BCUT2D eigenvalue weighted by Gasteiger charge is -2.26. The molecule has 0 aromatic heterocycles. The van der Waals surface area contributed by atoms with E-state index in [4.69, 9.17) is 0 Å². The first-order chi connectivity index (χ1) is 10.4. The van der Waals surface area contributed by atoms with E-state index in [1.807, 2.05) is 0 Å². The topological polar surface area (TPSA) is 15.3 Å². The molecular formula is C19H30N2. The molecule has 0 amide bonds. The van der Waals surface area contributed by atoms with Gasteiger partial charge in [-0.05, 0) is 49.7 Å². The van der Waals surface area contributed by atoms with Crippen molar-refractivity contribution in [1.82, 2.24) is 5.32 Å². The lowest BCUT2D eigenvalue weighted by atomic mass is 9.96. The number of nitrogens with zero attached hydrogens (tertiary/aromatic N) is 1. The van der Waals surface area contributed by atoms with Gasteiger partial charge in [-0.25, -0.2) is 0 Å². The molecule has 1 aromatic rings. The molecule has 0 spiro atoms. The van der Waals surface area contributed by atoms with E-state index in [9.17, 15) is 0 Å². The summed E-state index contributed by atoms with van der Waals surface area (Å²) in [6.07, 6.45) is 9.64. The maximum Gasteiger partial charge on any atom is 0.0411 e. The van der Waals surface area contributed by atoms with Gasteiger partial charge in [0.1, 0.15) is 0 Å². The van der Waals surface area contributed by atoms with Crippen LogP contribution in [0, 0.1) is 5.92 Å². The molecule has 0 bridgehead atoms. The summed E-state index contributed by atoms with van der Waals surface area (Å²) in [4.78, 5) is 2.64. The van der Waals surface area contributed by atoms with E-state index in [-0.39, 0.29) is 0 Å². The van der Waals surface area contributed by atoms with Gasteiger partial charge in [-0.3, -0.25) is 0 Å². The summed E-state index contributed by atoms with van der Waals surface area (Å²) in [5.74, 6) is 0.955. The first-order valence-corrected chi connectivity index (χ1v) is 8.93. The zero-order valence-electron chi connectivity index (χ0n) is 13.5. The van der Waals surface area contributed by atoms with Crippen LogP contribution in [0.2, 0.25) is 0 Å². The Labute approximate surface area is 129 Å². The minimum Gasteiger partial charge on any atom is -0.371 e. The van der Waals surface area contributed by atoms with Crippen molar-refractivity contribution in [3.63, 3.8) is 0 Å². The summed E-state index contributed by atoms with van der Waals surface area (Å²) >= 11 is 0. The molecule has 21 heavy (non-hydrogen) atoms. The number of para-hydroxylation sites is 1. The summed E-state index contributed by atoms with van der Waals surface area (Å²) in [6.45, 7) is 5.84. The highest BCUT2D eigenvalue weighted by atomic mass is 15.1. The van der Waals surface area contributed by atoms with Gasteiger partial charge in [0.15, 0.2) is 0 Å². The van der Waals surface area contributed by atoms with E-state index in [0.29, 0.717) is 0 Å². The Kier molecular flexibility index (Phi) is 5.18. The molecule has 2 nitrogen and oxygen atoms in total. The Morgan fingerprint density at radius 2 is 1.95 bits per heavy atom. The fourth-order valence-electron chi connectivity index (χ4n) is 3.61. The molecular weight excluding hydrogens is 256 g/mol. The highest BCUT2D eigenvalue weighted by Crippen LogP contribution is 2.28. The van der Waals surface area contributed by atoms with Crippen LogP contribution in [0.4, 0.5) is 5.69 Å². The average molecular weight is 286 g/mol. The van der Waals surface area contributed by atoms with Crippen molar-refractivity contribution in [3.8, 4) is 0 Å². The molecule has 1 unspecified atom stereocenters. The summed E-state index contributed by atoms with van der Waals surface area (Å²) < 4.78 is 0. The third-order valence-electron chi connectivity index (χ3n) is 5.04. The van der Waals surface area contributed by atoms with Crippen molar-refractivity contribution in [3.05, 3.63) is 29.8 Å². The SMILES string of the molecule is CCCC1CCCN(c2ccccc2CNC2CC2)CC1. The molecule has 3 rings (SSSR count). The van der Waals surface area contributed by atoms with Gasteiger partial charge < -0.3 is 10.2 Å². The molecule has 1 atom stereocenters. The maximum atomic E-state index is 3.67. The molecule has 0 radical (unpaired) electrons. The smallest absolute Gasteiger partial charge is 0.0411 e. The van der Waals surface area contributed by atoms with Crippen LogP contribution >= 0.6 is 0 Å². The zero-order chi connectivity index (χ0) is 14.5. The first-order valence-electron chi connectivity index (χ1n) is 8.93. The van der Waals surface area contributed by atoms with Crippen molar-refractivity contribution in [1.29, 1.82) is 0 Å².